The molecule has 9 heteroatoms. The van der Waals surface area contributed by atoms with Gasteiger partial charge in [-0.05, 0) is 19.1 Å². The molecule has 2 aromatic rings. The Balaban J connectivity index is 2.45. The van der Waals surface area contributed by atoms with Crippen molar-refractivity contribution in [2.24, 2.45) is 0 Å². The topological polar surface area (TPSA) is 85.1 Å². The van der Waals surface area contributed by atoms with Gasteiger partial charge in [0.1, 0.15) is 0 Å². The van der Waals surface area contributed by atoms with Gasteiger partial charge in [-0.25, -0.2) is 13.4 Å². The lowest BCUT2D eigenvalue weighted by Gasteiger charge is -2.10. The van der Waals surface area contributed by atoms with Crippen molar-refractivity contribution in [1.29, 1.82) is 0 Å². The number of nitrogen functional groups attached to an aromatic ring is 1. The van der Waals surface area contributed by atoms with E-state index in [9.17, 15) is 8.42 Å². The van der Waals surface area contributed by atoms with Gasteiger partial charge in [-0.3, -0.25) is 4.72 Å². The molecule has 0 spiro atoms. The van der Waals surface area contributed by atoms with E-state index in [1.54, 1.807) is 25.1 Å². The third-order valence-corrected chi connectivity index (χ3v) is 5.79. The van der Waals surface area contributed by atoms with Gasteiger partial charge >= 0.3 is 0 Å². The lowest BCUT2D eigenvalue weighted by atomic mass is 10.3. The fourth-order valence-electron chi connectivity index (χ4n) is 1.43. The largest absolute Gasteiger partial charge is 0.375 e. The van der Waals surface area contributed by atoms with Crippen LogP contribution in [0.2, 0.25) is 10.0 Å². The molecule has 0 radical (unpaired) electrons. The summed E-state index contributed by atoms with van der Waals surface area (Å²) in [4.78, 5) is 3.87. The Morgan fingerprint density at radius 2 is 1.89 bits per heavy atom. The van der Waals surface area contributed by atoms with Crippen molar-refractivity contribution in [1.82, 2.24) is 4.98 Å². The van der Waals surface area contributed by atoms with E-state index >= 15 is 0 Å². The summed E-state index contributed by atoms with van der Waals surface area (Å²) >= 11 is 12.7. The van der Waals surface area contributed by atoms with Crippen LogP contribution >= 0.6 is 34.5 Å². The summed E-state index contributed by atoms with van der Waals surface area (Å²) in [5, 5.41) is 0.612. The molecule has 0 unspecified atom stereocenters. The number of para-hydroxylation sites is 1. The summed E-state index contributed by atoms with van der Waals surface area (Å²) in [6.45, 7) is 1.57. The van der Waals surface area contributed by atoms with Crippen LogP contribution < -0.4 is 10.5 Å². The number of nitrogens with two attached hydrogens (primary N) is 1. The molecular weight excluding hydrogens is 329 g/mol. The SMILES string of the molecule is Cc1nc(N)sc1S(=O)(=O)Nc1c(Cl)cccc1Cl. The predicted molar refractivity (Wildman–Crippen MR) is 78.5 cm³/mol. The number of thiazole rings is 1. The summed E-state index contributed by atoms with van der Waals surface area (Å²) < 4.78 is 26.8. The molecule has 102 valence electrons. The number of rotatable bonds is 3. The molecule has 5 nitrogen and oxygen atoms in total. The van der Waals surface area contributed by atoms with Crippen molar-refractivity contribution in [2.45, 2.75) is 11.1 Å². The van der Waals surface area contributed by atoms with Gasteiger partial charge in [0.05, 0.1) is 21.4 Å². The third-order valence-electron chi connectivity index (χ3n) is 2.21. The van der Waals surface area contributed by atoms with Crippen molar-refractivity contribution >= 4 is 55.4 Å². The second-order valence-electron chi connectivity index (χ2n) is 3.63. The molecule has 0 aliphatic rings. The number of aromatic nitrogens is 1. The second kappa shape index (κ2) is 5.16. The van der Waals surface area contributed by atoms with Gasteiger partial charge < -0.3 is 5.73 Å². The summed E-state index contributed by atoms with van der Waals surface area (Å²) in [5.41, 5.74) is 5.96. The Bertz CT molecular complexity index is 708. The van der Waals surface area contributed by atoms with E-state index in [2.05, 4.69) is 9.71 Å². The summed E-state index contributed by atoms with van der Waals surface area (Å²) in [5.74, 6) is 0. The molecule has 0 fully saturated rings. The number of anilines is 2. The monoisotopic (exact) mass is 337 g/mol. The van der Waals surface area contributed by atoms with Crippen LogP contribution in [0.15, 0.2) is 22.4 Å². The Labute approximate surface area is 124 Å². The van der Waals surface area contributed by atoms with E-state index < -0.39 is 10.0 Å². The average molecular weight is 338 g/mol. The molecule has 0 amide bonds. The van der Waals surface area contributed by atoms with Crippen molar-refractivity contribution in [2.75, 3.05) is 10.5 Å². The zero-order valence-corrected chi connectivity index (χ0v) is 12.8. The van der Waals surface area contributed by atoms with Crippen LogP contribution in [0.5, 0.6) is 0 Å². The van der Waals surface area contributed by atoms with Gasteiger partial charge in [0.25, 0.3) is 10.0 Å². The molecule has 19 heavy (non-hydrogen) atoms. The van der Waals surface area contributed by atoms with Gasteiger partial charge in [-0.1, -0.05) is 40.6 Å². The molecule has 0 aliphatic carbocycles. The maximum atomic E-state index is 12.2. The fraction of sp³-hybridized carbons (Fsp3) is 0.100. The first-order chi connectivity index (χ1) is 8.81. The van der Waals surface area contributed by atoms with Crippen LogP contribution in [-0.4, -0.2) is 13.4 Å². The van der Waals surface area contributed by atoms with Gasteiger partial charge in [-0.2, -0.15) is 0 Å². The van der Waals surface area contributed by atoms with Crippen LogP contribution in [0, 0.1) is 6.92 Å². The smallest absolute Gasteiger partial charge is 0.273 e. The quantitative estimate of drug-likeness (QED) is 0.900. The molecule has 0 bridgehead atoms. The molecule has 0 saturated heterocycles. The van der Waals surface area contributed by atoms with Crippen LogP contribution in [0.1, 0.15) is 5.69 Å². The highest BCUT2D eigenvalue weighted by molar-refractivity contribution is 7.94. The van der Waals surface area contributed by atoms with Gasteiger partial charge in [-0.15, -0.1) is 0 Å². The molecule has 0 atom stereocenters. The minimum Gasteiger partial charge on any atom is -0.375 e. The maximum Gasteiger partial charge on any atom is 0.273 e. The van der Waals surface area contributed by atoms with E-state index in [0.29, 0.717) is 5.69 Å². The highest BCUT2D eigenvalue weighted by Crippen LogP contribution is 2.33. The number of sulfonamides is 1. The zero-order valence-electron chi connectivity index (χ0n) is 9.65. The summed E-state index contributed by atoms with van der Waals surface area (Å²) in [7, 11) is -3.81. The number of halogens is 2. The molecule has 0 aliphatic heterocycles. The van der Waals surface area contributed by atoms with Gasteiger partial charge in [0.2, 0.25) is 0 Å². The van der Waals surface area contributed by atoms with E-state index in [1.165, 1.54) is 0 Å². The number of nitrogens with zero attached hydrogens (tertiary/aromatic N) is 1. The zero-order chi connectivity index (χ0) is 14.2. The third kappa shape index (κ3) is 2.94. The van der Waals surface area contributed by atoms with Crippen molar-refractivity contribution < 1.29 is 8.42 Å². The first kappa shape index (κ1) is 14.4. The van der Waals surface area contributed by atoms with Crippen LogP contribution in [0.4, 0.5) is 10.8 Å². The molecule has 0 saturated carbocycles. The number of aryl methyl sites for hydroxylation is 1. The van der Waals surface area contributed by atoms with Crippen LogP contribution in [0.25, 0.3) is 0 Å². The molecule has 1 aromatic heterocycles. The van der Waals surface area contributed by atoms with Gasteiger partial charge in [0, 0.05) is 0 Å². The molecule has 1 aromatic carbocycles. The second-order valence-corrected chi connectivity index (χ2v) is 7.35. The van der Waals surface area contributed by atoms with E-state index in [-0.39, 0.29) is 25.1 Å². The number of nitrogens with one attached hydrogen (secondary N) is 1. The lowest BCUT2D eigenvalue weighted by molar-refractivity contribution is 0.602. The first-order valence-corrected chi connectivity index (χ1v) is 8.06. The number of hydrogen-bond acceptors (Lipinski definition) is 5. The number of hydrogen-bond donors (Lipinski definition) is 2. The maximum absolute atomic E-state index is 12.2. The first-order valence-electron chi connectivity index (χ1n) is 5.01. The van der Waals surface area contributed by atoms with Crippen molar-refractivity contribution in [3.05, 3.63) is 33.9 Å². The predicted octanol–water partition coefficient (Wildman–Crippen LogP) is 3.14. The van der Waals surface area contributed by atoms with E-state index in [0.717, 1.165) is 11.3 Å². The minimum atomic E-state index is -3.81. The summed E-state index contributed by atoms with van der Waals surface area (Å²) in [6, 6.07) is 4.71. The molecule has 1 heterocycles. The normalized spacial score (nSPS) is 11.5. The van der Waals surface area contributed by atoms with E-state index in [4.69, 9.17) is 28.9 Å². The number of benzene rings is 1. The van der Waals surface area contributed by atoms with E-state index in [1.807, 2.05) is 0 Å². The van der Waals surface area contributed by atoms with Crippen LogP contribution in [-0.2, 0) is 10.0 Å². The fourth-order valence-corrected chi connectivity index (χ4v) is 4.43. The van der Waals surface area contributed by atoms with Crippen molar-refractivity contribution in [3.63, 3.8) is 0 Å². The summed E-state index contributed by atoms with van der Waals surface area (Å²) in [6.07, 6.45) is 0. The molecule has 2 rings (SSSR count). The Morgan fingerprint density at radius 3 is 2.37 bits per heavy atom. The average Bonchev–Trinajstić information content (AvgIpc) is 2.64. The Hall–Kier alpha value is -1.02. The highest BCUT2D eigenvalue weighted by atomic mass is 35.5. The molecule has 3 N–H and O–H groups in total. The van der Waals surface area contributed by atoms with Gasteiger partial charge in [0.15, 0.2) is 9.34 Å². The molecular formula is C10H9Cl2N3O2S2. The standard InChI is InChI=1S/C10H9Cl2N3O2S2/c1-5-9(18-10(13)14-5)19(16,17)15-8-6(11)3-2-4-7(8)12/h2-4,15H,1H3,(H2,13,14). The Morgan fingerprint density at radius 1 is 1.32 bits per heavy atom. The lowest BCUT2D eigenvalue weighted by Crippen LogP contribution is -2.13. The minimum absolute atomic E-state index is 0.0426. The van der Waals surface area contributed by atoms with Crippen LogP contribution in [0.3, 0.4) is 0 Å². The highest BCUT2D eigenvalue weighted by Gasteiger charge is 2.23. The van der Waals surface area contributed by atoms with Crippen molar-refractivity contribution in [3.8, 4) is 0 Å². The Kier molecular flexibility index (Phi) is 3.91.